The van der Waals surface area contributed by atoms with E-state index in [0.29, 0.717) is 6.42 Å². The zero-order valence-corrected chi connectivity index (χ0v) is 12.8. The lowest BCUT2D eigenvalue weighted by molar-refractivity contribution is -0.141. The summed E-state index contributed by atoms with van der Waals surface area (Å²) in [7, 11) is 1.72. The average Bonchev–Trinajstić information content (AvgIpc) is 2.20. The normalized spacial score (nSPS) is 14.8. The summed E-state index contributed by atoms with van der Waals surface area (Å²) < 4.78 is 0.663. The fraction of sp³-hybridized carbons (Fsp3) is 0.300. The number of hydrogen-bond acceptors (Lipinski definition) is 3. The van der Waals surface area contributed by atoms with Crippen molar-refractivity contribution in [3.05, 3.63) is 29.8 Å². The van der Waals surface area contributed by atoms with E-state index in [2.05, 4.69) is 0 Å². The Morgan fingerprint density at radius 1 is 1.44 bits per heavy atom. The van der Waals surface area contributed by atoms with Crippen LogP contribution in [0, 0.1) is 0 Å². The number of aliphatic carboxylic acids is 1. The first-order chi connectivity index (χ1) is 7.36. The van der Waals surface area contributed by atoms with Crippen LogP contribution < -0.4 is 0 Å². The predicted molar refractivity (Wildman–Crippen MR) is 78.0 cm³/mol. The van der Waals surface area contributed by atoms with Crippen molar-refractivity contribution >= 4 is 51.4 Å². The molecule has 16 heavy (non-hydrogen) atoms. The van der Waals surface area contributed by atoms with Crippen molar-refractivity contribution in [2.75, 3.05) is 7.05 Å². The Hall–Kier alpha value is -0.0900. The number of carboxylic acids is 1. The summed E-state index contributed by atoms with van der Waals surface area (Å²) in [6.45, 7) is 0. The summed E-state index contributed by atoms with van der Waals surface area (Å²) in [5, 5.41) is 18.4. The zero-order chi connectivity index (χ0) is 12.3. The van der Waals surface area contributed by atoms with Crippen LogP contribution in [-0.4, -0.2) is 29.9 Å². The van der Waals surface area contributed by atoms with Crippen molar-refractivity contribution in [1.82, 2.24) is 3.11 Å². The molecule has 0 spiro atoms. The van der Waals surface area contributed by atoms with Gasteiger partial charge in [0.1, 0.15) is 5.75 Å². The van der Waals surface area contributed by atoms with Gasteiger partial charge in [-0.2, -0.15) is 0 Å². The van der Waals surface area contributed by atoms with Gasteiger partial charge in [-0.15, -0.1) is 0 Å². The third-order valence-electron chi connectivity index (χ3n) is 2.19. The summed E-state index contributed by atoms with van der Waals surface area (Å²) >= 11 is 3.89. The molecule has 1 unspecified atom stereocenters. The van der Waals surface area contributed by atoms with Gasteiger partial charge in [-0.1, -0.05) is 12.1 Å². The molecule has 1 aromatic carbocycles. The van der Waals surface area contributed by atoms with Gasteiger partial charge < -0.3 is 10.2 Å². The third-order valence-corrected chi connectivity index (χ3v) is 5.50. The first-order valence-corrected chi connectivity index (χ1v) is 6.50. The number of carbonyl (C=O) groups is 1. The van der Waals surface area contributed by atoms with Crippen LogP contribution in [0.25, 0.3) is 0 Å². The second-order valence-corrected chi connectivity index (χ2v) is 6.62. The van der Waals surface area contributed by atoms with Crippen molar-refractivity contribution < 1.29 is 15.0 Å². The smallest absolute Gasteiger partial charge is 0.335 e. The second-order valence-electron chi connectivity index (χ2n) is 3.38. The average molecular weight is 447 g/mol. The Bertz CT molecular complexity index is 380. The Morgan fingerprint density at radius 2 is 1.94 bits per heavy atom. The monoisotopic (exact) mass is 447 g/mol. The molecule has 0 bridgehead atoms. The van der Waals surface area contributed by atoms with E-state index in [9.17, 15) is 9.90 Å². The van der Waals surface area contributed by atoms with Crippen LogP contribution in [-0.2, 0) is 11.2 Å². The molecule has 6 heteroatoms. The lowest BCUT2D eigenvalue weighted by Crippen LogP contribution is -2.44. The fourth-order valence-electron chi connectivity index (χ4n) is 1.20. The van der Waals surface area contributed by atoms with E-state index < -0.39 is 9.51 Å². The molecule has 2 N–H and O–H groups in total. The first kappa shape index (κ1) is 14.0. The third kappa shape index (κ3) is 3.20. The molecule has 0 saturated heterocycles. The quantitative estimate of drug-likeness (QED) is 0.323. The SMILES string of the molecule is CN(I)C(I)(Cc1ccc(O)cc1)C(=O)O. The van der Waals surface area contributed by atoms with Gasteiger partial charge in [-0.3, -0.25) is 0 Å². The minimum Gasteiger partial charge on any atom is -0.508 e. The van der Waals surface area contributed by atoms with Crippen molar-refractivity contribution in [3.8, 4) is 5.75 Å². The van der Waals surface area contributed by atoms with E-state index in [0.717, 1.165) is 5.56 Å². The Kier molecular flexibility index (Phi) is 4.80. The van der Waals surface area contributed by atoms with Gasteiger partial charge in [-0.05, 0) is 47.3 Å². The van der Waals surface area contributed by atoms with Gasteiger partial charge in [0.25, 0.3) is 0 Å². The van der Waals surface area contributed by atoms with Crippen LogP contribution in [0.3, 0.4) is 0 Å². The molecule has 0 saturated carbocycles. The van der Waals surface area contributed by atoms with Crippen molar-refractivity contribution in [3.63, 3.8) is 0 Å². The van der Waals surface area contributed by atoms with Crippen molar-refractivity contribution in [2.45, 2.75) is 9.97 Å². The lowest BCUT2D eigenvalue weighted by atomic mass is 10.1. The Labute approximate surface area is 121 Å². The number of benzene rings is 1. The maximum absolute atomic E-state index is 11.2. The molecule has 0 heterocycles. The van der Waals surface area contributed by atoms with Crippen LogP contribution in [0.15, 0.2) is 24.3 Å². The standard InChI is InChI=1S/C10H11I2NO3/c1-13(12)10(11,9(15)16)6-7-2-4-8(14)5-3-7/h2-5,14H,6H2,1H3,(H,15,16). The lowest BCUT2D eigenvalue weighted by Gasteiger charge is -2.28. The van der Waals surface area contributed by atoms with Crippen molar-refractivity contribution in [2.24, 2.45) is 0 Å². The highest BCUT2D eigenvalue weighted by Gasteiger charge is 2.39. The number of rotatable bonds is 4. The molecule has 0 amide bonds. The number of nitrogens with zero attached hydrogens (tertiary/aromatic N) is 1. The number of hydrogen-bond donors (Lipinski definition) is 2. The summed E-state index contributed by atoms with van der Waals surface area (Å²) in [5.74, 6) is -0.695. The van der Waals surface area contributed by atoms with E-state index in [1.807, 2.05) is 45.5 Å². The van der Waals surface area contributed by atoms with E-state index in [-0.39, 0.29) is 5.75 Å². The highest BCUT2D eigenvalue weighted by molar-refractivity contribution is 14.1. The molecule has 1 atom stereocenters. The molecule has 0 aromatic heterocycles. The molecule has 1 rings (SSSR count). The molecule has 0 fully saturated rings. The maximum Gasteiger partial charge on any atom is 0.335 e. The van der Waals surface area contributed by atoms with E-state index >= 15 is 0 Å². The molecular formula is C10H11I2NO3. The van der Waals surface area contributed by atoms with E-state index in [4.69, 9.17) is 5.11 Å². The summed E-state index contributed by atoms with van der Waals surface area (Å²) in [4.78, 5) is 11.2. The van der Waals surface area contributed by atoms with Crippen molar-refractivity contribution in [1.29, 1.82) is 0 Å². The van der Waals surface area contributed by atoms with Gasteiger partial charge in [0.05, 0.1) is 0 Å². The number of likely N-dealkylation sites (N-methyl/N-ethyl adjacent to an activating group) is 1. The number of phenolic OH excluding ortho intramolecular Hbond substituents is 1. The second kappa shape index (κ2) is 5.50. The molecule has 88 valence electrons. The van der Waals surface area contributed by atoms with E-state index in [1.54, 1.807) is 34.4 Å². The van der Waals surface area contributed by atoms with Gasteiger partial charge in [0, 0.05) is 29.3 Å². The fourth-order valence-corrected chi connectivity index (χ4v) is 2.02. The van der Waals surface area contributed by atoms with Crippen LogP contribution in [0.2, 0.25) is 0 Å². The number of halogens is 2. The molecule has 0 aliphatic rings. The largest absolute Gasteiger partial charge is 0.508 e. The Balaban J connectivity index is 2.93. The summed E-state index contributed by atoms with van der Waals surface area (Å²) in [5.41, 5.74) is 0.873. The molecular weight excluding hydrogens is 436 g/mol. The van der Waals surface area contributed by atoms with E-state index in [1.165, 1.54) is 0 Å². The van der Waals surface area contributed by atoms with Crippen LogP contribution >= 0.6 is 45.5 Å². The maximum atomic E-state index is 11.2. The highest BCUT2D eigenvalue weighted by atomic mass is 127. The zero-order valence-electron chi connectivity index (χ0n) is 8.52. The van der Waals surface area contributed by atoms with Crippen LogP contribution in [0.4, 0.5) is 0 Å². The van der Waals surface area contributed by atoms with Gasteiger partial charge in [-0.25, -0.2) is 7.91 Å². The van der Waals surface area contributed by atoms with Gasteiger partial charge in [0.15, 0.2) is 3.55 Å². The molecule has 0 aliphatic heterocycles. The predicted octanol–water partition coefficient (Wildman–Crippen LogP) is 2.43. The number of aromatic hydroxyl groups is 1. The van der Waals surface area contributed by atoms with Crippen LogP contribution in [0.5, 0.6) is 5.75 Å². The van der Waals surface area contributed by atoms with Crippen LogP contribution in [0.1, 0.15) is 5.56 Å². The molecule has 1 aromatic rings. The Morgan fingerprint density at radius 3 is 2.31 bits per heavy atom. The first-order valence-electron chi connectivity index (χ1n) is 4.46. The molecule has 0 radical (unpaired) electrons. The number of carboxylic acid groups (broad SMARTS) is 1. The summed E-state index contributed by atoms with van der Waals surface area (Å²) in [6.07, 6.45) is 0.378. The number of alkyl halides is 1. The highest BCUT2D eigenvalue weighted by Crippen LogP contribution is 2.31. The minimum atomic E-state index is -0.977. The minimum absolute atomic E-state index is 0.181. The molecule has 4 nitrogen and oxygen atoms in total. The summed E-state index contributed by atoms with van der Waals surface area (Å²) in [6, 6.07) is 6.57. The molecule has 0 aliphatic carbocycles. The number of phenols is 1. The van der Waals surface area contributed by atoms with Gasteiger partial charge >= 0.3 is 5.97 Å². The van der Waals surface area contributed by atoms with Gasteiger partial charge in [0.2, 0.25) is 0 Å². The topological polar surface area (TPSA) is 60.8 Å².